The predicted octanol–water partition coefficient (Wildman–Crippen LogP) is 5.41. The van der Waals surface area contributed by atoms with E-state index in [1.807, 2.05) is 0 Å². The van der Waals surface area contributed by atoms with Crippen LogP contribution >= 0.6 is 12.2 Å². The first-order valence-electron chi connectivity index (χ1n) is 7.51. The predicted molar refractivity (Wildman–Crippen MR) is 90.0 cm³/mol. The minimum atomic E-state index is 0.690. The Bertz CT molecular complexity index is 693. The second kappa shape index (κ2) is 4.82. The Balaban J connectivity index is 1.67. The number of hydrogen-bond acceptors (Lipinski definition) is 1. The number of hydrogen-bond donors (Lipinski definition) is 0. The van der Waals surface area contributed by atoms with Crippen molar-refractivity contribution in [3.8, 4) is 0 Å². The molecule has 0 radical (unpaired) electrons. The molecule has 2 aromatic carbocycles. The summed E-state index contributed by atoms with van der Waals surface area (Å²) in [6, 6.07) is 15.3. The van der Waals surface area contributed by atoms with E-state index in [0.717, 1.165) is 0 Å². The van der Waals surface area contributed by atoms with E-state index in [4.69, 9.17) is 12.2 Å². The molecule has 0 aliphatic heterocycles. The van der Waals surface area contributed by atoms with Gasteiger partial charge in [-0.15, -0.1) is 0 Å². The maximum atomic E-state index is 5.57. The Morgan fingerprint density at radius 2 is 1.60 bits per heavy atom. The third-order valence-corrected chi connectivity index (χ3v) is 5.50. The van der Waals surface area contributed by atoms with Crippen molar-refractivity contribution < 1.29 is 0 Å². The first-order valence-corrected chi connectivity index (χ1v) is 7.92. The van der Waals surface area contributed by atoms with Crippen LogP contribution in [0, 0.1) is 11.8 Å². The summed E-state index contributed by atoms with van der Waals surface area (Å²) >= 11 is 5.57. The molecule has 2 atom stereocenters. The molecule has 0 nitrogen and oxygen atoms in total. The van der Waals surface area contributed by atoms with E-state index in [0.29, 0.717) is 11.8 Å². The summed E-state index contributed by atoms with van der Waals surface area (Å²) in [4.78, 5) is 1.36. The third-order valence-electron chi connectivity index (χ3n) is 4.83. The summed E-state index contributed by atoms with van der Waals surface area (Å²) in [5.74, 6) is 1.38. The number of thiocarbonyl (C=S) groups is 1. The maximum Gasteiger partial charge on any atom is -0.000331 e. The first-order chi connectivity index (χ1) is 9.79. The van der Waals surface area contributed by atoms with Crippen LogP contribution in [0.1, 0.15) is 31.2 Å². The van der Waals surface area contributed by atoms with Gasteiger partial charge in [0.05, 0.1) is 0 Å². The Morgan fingerprint density at radius 3 is 2.35 bits per heavy atom. The van der Waals surface area contributed by atoms with Gasteiger partial charge in [-0.3, -0.25) is 0 Å². The smallest absolute Gasteiger partial charge is 0.000331 e. The highest BCUT2D eigenvalue weighted by Gasteiger charge is 2.35. The summed E-state index contributed by atoms with van der Waals surface area (Å²) in [6.07, 6.45) is 7.43. The van der Waals surface area contributed by atoms with Gasteiger partial charge in [0.25, 0.3) is 0 Å². The van der Waals surface area contributed by atoms with Crippen LogP contribution in [0.25, 0.3) is 16.8 Å². The van der Waals surface area contributed by atoms with Crippen LogP contribution in [0.15, 0.2) is 48.0 Å². The standard InChI is InChI=1S/C19H18S/c20-19-17-7-8-18(19)12-14(11-17)9-13-5-6-15-3-1-2-4-16(15)10-13/h1-6,9-10,17-18H,7-8,11-12H2/t17-,18+. The van der Waals surface area contributed by atoms with Crippen molar-refractivity contribution in [3.05, 3.63) is 53.6 Å². The molecule has 2 saturated carbocycles. The van der Waals surface area contributed by atoms with Crippen molar-refractivity contribution in [2.24, 2.45) is 11.8 Å². The molecule has 0 N–H and O–H groups in total. The van der Waals surface area contributed by atoms with Gasteiger partial charge in [0, 0.05) is 0 Å². The minimum Gasteiger partial charge on any atom is -0.0891 e. The van der Waals surface area contributed by atoms with Gasteiger partial charge in [-0.05, 0) is 64.8 Å². The summed E-state index contributed by atoms with van der Waals surface area (Å²) in [5, 5.41) is 2.65. The second-order valence-electron chi connectivity index (χ2n) is 6.19. The molecule has 0 heterocycles. The minimum absolute atomic E-state index is 0.690. The lowest BCUT2D eigenvalue weighted by Gasteiger charge is -2.23. The number of fused-ring (bicyclic) bond motifs is 3. The molecule has 0 aromatic heterocycles. The quantitative estimate of drug-likeness (QED) is 0.628. The van der Waals surface area contributed by atoms with E-state index in [2.05, 4.69) is 48.5 Å². The molecule has 2 aliphatic rings. The number of rotatable bonds is 1. The molecule has 4 rings (SSSR count). The lowest BCUT2D eigenvalue weighted by Crippen LogP contribution is -2.19. The first kappa shape index (κ1) is 12.3. The van der Waals surface area contributed by atoms with Gasteiger partial charge in [0.15, 0.2) is 0 Å². The Hall–Kier alpha value is -1.47. The average Bonchev–Trinajstić information content (AvgIpc) is 2.70. The molecule has 1 heteroatoms. The summed E-state index contributed by atoms with van der Waals surface area (Å²) in [7, 11) is 0. The molecule has 0 unspecified atom stereocenters. The van der Waals surface area contributed by atoms with Crippen LogP contribution in [0.3, 0.4) is 0 Å². The zero-order valence-electron chi connectivity index (χ0n) is 11.5. The zero-order chi connectivity index (χ0) is 13.5. The number of benzene rings is 2. The van der Waals surface area contributed by atoms with Crippen molar-refractivity contribution in [2.45, 2.75) is 25.7 Å². The fourth-order valence-corrected chi connectivity index (χ4v) is 4.20. The largest absolute Gasteiger partial charge is 0.0891 e. The normalized spacial score (nSPS) is 27.4. The molecule has 2 aliphatic carbocycles. The summed E-state index contributed by atoms with van der Waals surface area (Å²) in [6.45, 7) is 0. The second-order valence-corrected chi connectivity index (χ2v) is 6.66. The molecular weight excluding hydrogens is 260 g/mol. The van der Waals surface area contributed by atoms with Gasteiger partial charge >= 0.3 is 0 Å². The Kier molecular flexibility index (Phi) is 2.96. The molecule has 2 fully saturated rings. The monoisotopic (exact) mass is 278 g/mol. The van der Waals surface area contributed by atoms with E-state index in [1.165, 1.54) is 46.9 Å². The van der Waals surface area contributed by atoms with Gasteiger partial charge in [-0.2, -0.15) is 0 Å². The third kappa shape index (κ3) is 2.10. The molecule has 0 saturated heterocycles. The van der Waals surface area contributed by atoms with Gasteiger partial charge in [0.2, 0.25) is 0 Å². The van der Waals surface area contributed by atoms with Crippen LogP contribution in [0.5, 0.6) is 0 Å². The molecule has 0 spiro atoms. The van der Waals surface area contributed by atoms with E-state index < -0.39 is 0 Å². The molecule has 2 bridgehead atoms. The highest BCUT2D eigenvalue weighted by molar-refractivity contribution is 7.80. The zero-order valence-corrected chi connectivity index (χ0v) is 12.3. The maximum absolute atomic E-state index is 5.57. The van der Waals surface area contributed by atoms with Crippen LogP contribution in [0.4, 0.5) is 0 Å². The molecular formula is C19H18S. The van der Waals surface area contributed by atoms with Gasteiger partial charge < -0.3 is 0 Å². The molecule has 0 amide bonds. The summed E-state index contributed by atoms with van der Waals surface area (Å²) in [5.41, 5.74) is 2.94. The highest BCUT2D eigenvalue weighted by atomic mass is 32.1. The van der Waals surface area contributed by atoms with E-state index >= 15 is 0 Å². The van der Waals surface area contributed by atoms with Gasteiger partial charge in [-0.25, -0.2) is 0 Å². The van der Waals surface area contributed by atoms with Crippen molar-refractivity contribution >= 4 is 33.9 Å². The molecule has 20 heavy (non-hydrogen) atoms. The van der Waals surface area contributed by atoms with E-state index in [1.54, 1.807) is 5.57 Å². The topological polar surface area (TPSA) is 0 Å². The van der Waals surface area contributed by atoms with Crippen LogP contribution in [0.2, 0.25) is 0 Å². The molecule has 100 valence electrons. The van der Waals surface area contributed by atoms with Crippen LogP contribution < -0.4 is 0 Å². The lowest BCUT2D eigenvalue weighted by atomic mass is 9.84. The van der Waals surface area contributed by atoms with Gasteiger partial charge in [-0.1, -0.05) is 60.3 Å². The van der Waals surface area contributed by atoms with Crippen molar-refractivity contribution in [3.63, 3.8) is 0 Å². The van der Waals surface area contributed by atoms with Gasteiger partial charge in [0.1, 0.15) is 0 Å². The fourth-order valence-electron chi connectivity index (χ4n) is 3.79. The van der Waals surface area contributed by atoms with E-state index in [9.17, 15) is 0 Å². The fraction of sp³-hybridized carbons (Fsp3) is 0.316. The number of allylic oxidation sites excluding steroid dienone is 1. The Morgan fingerprint density at radius 1 is 0.900 bits per heavy atom. The van der Waals surface area contributed by atoms with Crippen LogP contribution in [-0.2, 0) is 0 Å². The van der Waals surface area contributed by atoms with E-state index in [-0.39, 0.29) is 0 Å². The van der Waals surface area contributed by atoms with Crippen molar-refractivity contribution in [1.82, 2.24) is 0 Å². The van der Waals surface area contributed by atoms with Crippen LogP contribution in [-0.4, -0.2) is 4.86 Å². The SMILES string of the molecule is S=C1[C@@H]2CC[C@H]1CC(=Cc1ccc3ccccc3c1)C2. The average molecular weight is 278 g/mol. The Labute approximate surface area is 125 Å². The van der Waals surface area contributed by atoms with Crippen molar-refractivity contribution in [2.75, 3.05) is 0 Å². The highest BCUT2D eigenvalue weighted by Crippen LogP contribution is 2.43. The molecule has 2 aromatic rings. The van der Waals surface area contributed by atoms with Crippen molar-refractivity contribution in [1.29, 1.82) is 0 Å². The lowest BCUT2D eigenvalue weighted by molar-refractivity contribution is 0.677. The summed E-state index contributed by atoms with van der Waals surface area (Å²) < 4.78 is 0.